The molecule has 1 aromatic heterocycles. The van der Waals surface area contributed by atoms with Gasteiger partial charge in [-0.05, 0) is 43.4 Å². The van der Waals surface area contributed by atoms with Crippen molar-refractivity contribution in [3.63, 3.8) is 0 Å². The minimum Gasteiger partial charge on any atom is -0.369 e. The molecule has 0 radical (unpaired) electrons. The Labute approximate surface area is 129 Å². The molecule has 6 heteroatoms. The van der Waals surface area contributed by atoms with Crippen molar-refractivity contribution in [3.8, 4) is 0 Å². The van der Waals surface area contributed by atoms with Crippen molar-refractivity contribution in [1.82, 2.24) is 19.8 Å². The molecule has 1 N–H and O–H groups in total. The number of nitrogens with one attached hydrogen (secondary N) is 1. The fourth-order valence-electron chi connectivity index (χ4n) is 2.47. The third-order valence-electron chi connectivity index (χ3n) is 3.77. The maximum absolute atomic E-state index is 4.78. The van der Waals surface area contributed by atoms with Gasteiger partial charge in [-0.25, -0.2) is 9.97 Å². The highest BCUT2D eigenvalue weighted by atomic mass is 79.9. The predicted octanol–water partition coefficient (Wildman–Crippen LogP) is 2.15. The van der Waals surface area contributed by atoms with Crippen molar-refractivity contribution < 1.29 is 0 Å². The zero-order chi connectivity index (χ0) is 14.7. The number of piperazine rings is 1. The highest BCUT2D eigenvalue weighted by molar-refractivity contribution is 9.10. The molecule has 1 unspecified atom stereocenters. The van der Waals surface area contributed by atoms with Gasteiger partial charge >= 0.3 is 0 Å². The molecular formula is C14H24BrN5. The fraction of sp³-hybridized carbons (Fsp3) is 0.714. The third kappa shape index (κ3) is 3.30. The van der Waals surface area contributed by atoms with Crippen LogP contribution in [0, 0.1) is 0 Å². The maximum Gasteiger partial charge on any atom is 0.149 e. The van der Waals surface area contributed by atoms with Crippen LogP contribution in [0.2, 0.25) is 0 Å². The van der Waals surface area contributed by atoms with Crippen LogP contribution in [0.15, 0.2) is 4.47 Å². The second-order valence-corrected chi connectivity index (χ2v) is 6.13. The molecule has 1 aromatic rings. The molecule has 5 nitrogen and oxygen atoms in total. The van der Waals surface area contributed by atoms with Gasteiger partial charge < -0.3 is 10.2 Å². The molecule has 112 valence electrons. The Morgan fingerprint density at radius 1 is 1.25 bits per heavy atom. The van der Waals surface area contributed by atoms with Crippen LogP contribution in [0.1, 0.15) is 31.4 Å². The lowest BCUT2D eigenvalue weighted by molar-refractivity contribution is 0.109. The standard InChI is InChI=1S/C14H24BrN5/c1-5-10-12(15)14(16-6-2)18-13(17-10)11-9-19(3)7-8-20(11)4/h11H,5-9H2,1-4H3,(H,16,17,18). The minimum atomic E-state index is 0.268. The zero-order valence-electron chi connectivity index (χ0n) is 12.8. The molecule has 1 atom stereocenters. The highest BCUT2D eigenvalue weighted by Crippen LogP contribution is 2.28. The average Bonchev–Trinajstić information content (AvgIpc) is 2.44. The first-order valence-electron chi connectivity index (χ1n) is 7.25. The first-order valence-corrected chi connectivity index (χ1v) is 8.05. The van der Waals surface area contributed by atoms with E-state index in [1.807, 2.05) is 0 Å². The van der Waals surface area contributed by atoms with Gasteiger partial charge in [0, 0.05) is 26.2 Å². The fourth-order valence-corrected chi connectivity index (χ4v) is 3.07. The van der Waals surface area contributed by atoms with Gasteiger partial charge in [0.1, 0.15) is 11.6 Å². The Morgan fingerprint density at radius 2 is 2.00 bits per heavy atom. The molecule has 20 heavy (non-hydrogen) atoms. The number of nitrogens with zero attached hydrogens (tertiary/aromatic N) is 4. The summed E-state index contributed by atoms with van der Waals surface area (Å²) in [4.78, 5) is 14.2. The summed E-state index contributed by atoms with van der Waals surface area (Å²) >= 11 is 3.62. The molecule has 0 spiro atoms. The van der Waals surface area contributed by atoms with Gasteiger partial charge in [-0.3, -0.25) is 4.90 Å². The summed E-state index contributed by atoms with van der Waals surface area (Å²) in [6.45, 7) is 8.21. The molecule has 0 amide bonds. The van der Waals surface area contributed by atoms with Crippen molar-refractivity contribution in [2.75, 3.05) is 45.6 Å². The van der Waals surface area contributed by atoms with E-state index in [0.29, 0.717) is 0 Å². The minimum absolute atomic E-state index is 0.268. The number of aryl methyl sites for hydroxylation is 1. The van der Waals surface area contributed by atoms with Crippen LogP contribution < -0.4 is 5.32 Å². The van der Waals surface area contributed by atoms with Crippen molar-refractivity contribution in [3.05, 3.63) is 16.0 Å². The molecule has 2 rings (SSSR count). The Morgan fingerprint density at radius 3 is 2.65 bits per heavy atom. The van der Waals surface area contributed by atoms with Crippen LogP contribution in [-0.4, -0.2) is 60.0 Å². The molecule has 0 bridgehead atoms. The SMILES string of the molecule is CCNc1nc(C2CN(C)CCN2C)nc(CC)c1Br. The van der Waals surface area contributed by atoms with Gasteiger partial charge in [0.2, 0.25) is 0 Å². The molecule has 0 aliphatic carbocycles. The molecule has 1 fully saturated rings. The van der Waals surface area contributed by atoms with E-state index in [9.17, 15) is 0 Å². The number of anilines is 1. The normalized spacial score (nSPS) is 21.1. The largest absolute Gasteiger partial charge is 0.369 e. The van der Waals surface area contributed by atoms with Crippen molar-refractivity contribution >= 4 is 21.7 Å². The van der Waals surface area contributed by atoms with E-state index in [1.54, 1.807) is 0 Å². The Bertz CT molecular complexity index is 465. The summed E-state index contributed by atoms with van der Waals surface area (Å²) in [7, 11) is 4.31. The van der Waals surface area contributed by atoms with Crippen molar-refractivity contribution in [2.45, 2.75) is 26.3 Å². The van der Waals surface area contributed by atoms with Gasteiger partial charge in [-0.15, -0.1) is 0 Å². The first kappa shape index (κ1) is 15.7. The first-order chi connectivity index (χ1) is 9.56. The number of hydrogen-bond acceptors (Lipinski definition) is 5. The number of likely N-dealkylation sites (N-methyl/N-ethyl adjacent to an activating group) is 2. The number of rotatable bonds is 4. The Hall–Kier alpha value is -0.720. The van der Waals surface area contributed by atoms with Gasteiger partial charge in [0.05, 0.1) is 16.2 Å². The summed E-state index contributed by atoms with van der Waals surface area (Å²) in [6, 6.07) is 0.268. The summed E-state index contributed by atoms with van der Waals surface area (Å²) in [5, 5.41) is 3.33. The smallest absolute Gasteiger partial charge is 0.149 e. The summed E-state index contributed by atoms with van der Waals surface area (Å²) in [6.07, 6.45) is 0.904. The summed E-state index contributed by atoms with van der Waals surface area (Å²) < 4.78 is 0.998. The van der Waals surface area contributed by atoms with Crippen molar-refractivity contribution in [2.24, 2.45) is 0 Å². The lowest BCUT2D eigenvalue weighted by Gasteiger charge is -2.36. The van der Waals surface area contributed by atoms with Gasteiger partial charge in [0.25, 0.3) is 0 Å². The van der Waals surface area contributed by atoms with Gasteiger partial charge in [-0.2, -0.15) is 0 Å². The van der Waals surface area contributed by atoms with Crippen LogP contribution in [-0.2, 0) is 6.42 Å². The van der Waals surface area contributed by atoms with Gasteiger partial charge in [0.15, 0.2) is 0 Å². The third-order valence-corrected chi connectivity index (χ3v) is 4.60. The zero-order valence-corrected chi connectivity index (χ0v) is 14.4. The van der Waals surface area contributed by atoms with Crippen LogP contribution in [0.5, 0.6) is 0 Å². The van der Waals surface area contributed by atoms with E-state index >= 15 is 0 Å². The van der Waals surface area contributed by atoms with E-state index < -0.39 is 0 Å². The summed E-state index contributed by atoms with van der Waals surface area (Å²) in [5.41, 5.74) is 1.08. The van der Waals surface area contributed by atoms with E-state index in [0.717, 1.165) is 54.4 Å². The Kier molecular flexibility index (Phi) is 5.35. The highest BCUT2D eigenvalue weighted by Gasteiger charge is 2.27. The molecule has 1 aliphatic rings. The quantitative estimate of drug-likeness (QED) is 0.908. The molecule has 2 heterocycles. The lowest BCUT2D eigenvalue weighted by Crippen LogP contribution is -2.45. The van der Waals surface area contributed by atoms with Crippen LogP contribution in [0.4, 0.5) is 5.82 Å². The molecule has 1 aliphatic heterocycles. The lowest BCUT2D eigenvalue weighted by atomic mass is 10.1. The van der Waals surface area contributed by atoms with E-state index in [2.05, 4.69) is 59.0 Å². The van der Waals surface area contributed by atoms with Crippen LogP contribution in [0.25, 0.3) is 0 Å². The number of aromatic nitrogens is 2. The molecular weight excluding hydrogens is 318 g/mol. The number of hydrogen-bond donors (Lipinski definition) is 1. The summed E-state index contributed by atoms with van der Waals surface area (Å²) in [5.74, 6) is 1.84. The Balaban J connectivity index is 2.37. The molecule has 0 saturated carbocycles. The van der Waals surface area contributed by atoms with E-state index in [1.165, 1.54) is 0 Å². The van der Waals surface area contributed by atoms with Crippen LogP contribution >= 0.6 is 15.9 Å². The van der Waals surface area contributed by atoms with Crippen molar-refractivity contribution in [1.29, 1.82) is 0 Å². The second-order valence-electron chi connectivity index (χ2n) is 5.33. The molecule has 1 saturated heterocycles. The van der Waals surface area contributed by atoms with Crippen LogP contribution in [0.3, 0.4) is 0 Å². The predicted molar refractivity (Wildman–Crippen MR) is 86.1 cm³/mol. The number of halogens is 1. The maximum atomic E-state index is 4.78. The van der Waals surface area contributed by atoms with E-state index in [4.69, 9.17) is 9.97 Å². The molecule has 0 aromatic carbocycles. The van der Waals surface area contributed by atoms with E-state index in [-0.39, 0.29) is 6.04 Å². The monoisotopic (exact) mass is 341 g/mol. The second kappa shape index (κ2) is 6.83. The van der Waals surface area contributed by atoms with Gasteiger partial charge in [-0.1, -0.05) is 6.92 Å². The average molecular weight is 342 g/mol. The topological polar surface area (TPSA) is 44.3 Å².